The van der Waals surface area contributed by atoms with Crippen LogP contribution in [-0.4, -0.2) is 39.2 Å². The van der Waals surface area contributed by atoms with Crippen LogP contribution < -0.4 is 4.90 Å². The highest BCUT2D eigenvalue weighted by atomic mass is 16.6. The summed E-state index contributed by atoms with van der Waals surface area (Å²) in [7, 11) is 0. The van der Waals surface area contributed by atoms with Gasteiger partial charge in [-0.25, -0.2) is 0 Å². The number of carbonyl (C=O) groups is 1. The zero-order valence-corrected chi connectivity index (χ0v) is 27.6. The van der Waals surface area contributed by atoms with Gasteiger partial charge in [0.2, 0.25) is 11.5 Å². The van der Waals surface area contributed by atoms with E-state index in [0.29, 0.717) is 24.0 Å². The van der Waals surface area contributed by atoms with E-state index in [4.69, 9.17) is 0 Å². The van der Waals surface area contributed by atoms with Crippen LogP contribution in [0.15, 0.2) is 71.2 Å². The Morgan fingerprint density at radius 3 is 2.25 bits per heavy atom. The van der Waals surface area contributed by atoms with E-state index in [2.05, 4.69) is 76.1 Å². The van der Waals surface area contributed by atoms with Crippen molar-refractivity contribution in [3.05, 3.63) is 98.0 Å². The predicted molar refractivity (Wildman–Crippen MR) is 177 cm³/mol. The number of nitro groups is 1. The Kier molecular flexibility index (Phi) is 7.98. The van der Waals surface area contributed by atoms with Crippen LogP contribution in [0.2, 0.25) is 0 Å². The molecule has 0 saturated carbocycles. The Balaban J connectivity index is 1.59. The number of nitro benzene ring substituents is 1. The first-order valence-corrected chi connectivity index (χ1v) is 15.8. The van der Waals surface area contributed by atoms with Gasteiger partial charge in [-0.05, 0) is 56.7 Å². The zero-order valence-electron chi connectivity index (χ0n) is 27.6. The van der Waals surface area contributed by atoms with Crippen LogP contribution in [-0.2, 0) is 15.6 Å². The largest absolute Gasteiger partial charge is 0.506 e. The Bertz CT molecular complexity index is 1680. The normalized spacial score (nSPS) is 20.3. The van der Waals surface area contributed by atoms with Crippen molar-refractivity contribution in [1.82, 2.24) is 0 Å². The molecular formula is C37H46N3O4+. The number of anilines is 1. The lowest BCUT2D eigenvalue weighted by Gasteiger charge is -2.29. The van der Waals surface area contributed by atoms with Crippen LogP contribution >= 0.6 is 0 Å². The summed E-state index contributed by atoms with van der Waals surface area (Å²) < 4.78 is 2.16. The number of hydrogen-bond acceptors (Lipinski definition) is 5. The van der Waals surface area contributed by atoms with E-state index in [1.807, 2.05) is 26.0 Å². The molecule has 2 heterocycles. The summed E-state index contributed by atoms with van der Waals surface area (Å²) in [5, 5.41) is 23.0. The van der Waals surface area contributed by atoms with Crippen LogP contribution in [0.5, 0.6) is 0 Å². The van der Waals surface area contributed by atoms with Crippen LogP contribution in [0.3, 0.4) is 0 Å². The fourth-order valence-electron chi connectivity index (χ4n) is 6.73. The highest BCUT2D eigenvalue weighted by Crippen LogP contribution is 2.50. The number of nitrogens with zero attached hydrogens (tertiary/aromatic N) is 3. The van der Waals surface area contributed by atoms with Crippen LogP contribution in [0.4, 0.5) is 17.1 Å². The summed E-state index contributed by atoms with van der Waals surface area (Å²) in [4.78, 5) is 27.3. The minimum atomic E-state index is -0.597. The third-order valence-electron chi connectivity index (χ3n) is 9.56. The van der Waals surface area contributed by atoms with E-state index in [1.54, 1.807) is 12.1 Å². The van der Waals surface area contributed by atoms with E-state index < -0.39 is 5.41 Å². The lowest BCUT2D eigenvalue weighted by Crippen LogP contribution is -2.32. The van der Waals surface area contributed by atoms with Gasteiger partial charge in [0.05, 0.1) is 21.5 Å². The maximum Gasteiger partial charge on any atom is 0.270 e. The Morgan fingerprint density at radius 1 is 0.955 bits per heavy atom. The molecule has 2 aromatic rings. The summed E-state index contributed by atoms with van der Waals surface area (Å²) in [6.07, 6.45) is 5.61. The molecular weight excluding hydrogens is 550 g/mol. The number of hydrogen-bond donors (Lipinski definition) is 1. The van der Waals surface area contributed by atoms with E-state index in [0.717, 1.165) is 47.7 Å². The summed E-state index contributed by atoms with van der Waals surface area (Å²) in [5.74, 6) is 0.795. The van der Waals surface area contributed by atoms with Crippen molar-refractivity contribution in [1.29, 1.82) is 0 Å². The molecule has 0 amide bonds. The molecule has 0 radical (unpaired) electrons. The molecule has 7 nitrogen and oxygen atoms in total. The topological polar surface area (TPSA) is 86.7 Å². The minimum absolute atomic E-state index is 0.00305. The summed E-state index contributed by atoms with van der Waals surface area (Å²) in [5.41, 5.74) is 6.94. The van der Waals surface area contributed by atoms with Crippen molar-refractivity contribution in [2.24, 2.45) is 11.8 Å². The average Bonchev–Trinajstić information content (AvgIpc) is 3.29. The lowest BCUT2D eigenvalue weighted by atomic mass is 9.77. The number of fused-ring (bicyclic) bond motifs is 2. The van der Waals surface area contributed by atoms with Crippen molar-refractivity contribution in [3.8, 4) is 0 Å². The summed E-state index contributed by atoms with van der Waals surface area (Å²) in [6.45, 7) is 20.8. The van der Waals surface area contributed by atoms with Gasteiger partial charge in [-0.15, -0.1) is 0 Å². The summed E-state index contributed by atoms with van der Waals surface area (Å²) >= 11 is 0. The maximum absolute atomic E-state index is 13.8. The summed E-state index contributed by atoms with van der Waals surface area (Å²) in [6, 6.07) is 11.5. The monoisotopic (exact) mass is 596 g/mol. The number of Topliss-reactive ketones (excluding diaryl/α,β-unsaturated/α-hetero) is 1. The molecule has 232 valence electrons. The van der Waals surface area contributed by atoms with Crippen molar-refractivity contribution in [2.75, 3.05) is 18.0 Å². The Hall–Kier alpha value is -4.00. The van der Waals surface area contributed by atoms with E-state index >= 15 is 0 Å². The second-order valence-corrected chi connectivity index (χ2v) is 14.5. The molecule has 0 bridgehead atoms. The average molecular weight is 597 g/mol. The molecule has 2 aromatic carbocycles. The first kappa shape index (κ1) is 31.4. The van der Waals surface area contributed by atoms with Gasteiger partial charge in [0, 0.05) is 59.6 Å². The zero-order chi connectivity index (χ0) is 32.3. The van der Waals surface area contributed by atoms with E-state index in [1.165, 1.54) is 17.2 Å². The Labute approximate surface area is 261 Å². The van der Waals surface area contributed by atoms with Gasteiger partial charge >= 0.3 is 0 Å². The second kappa shape index (κ2) is 11.2. The van der Waals surface area contributed by atoms with Gasteiger partial charge in [0.15, 0.2) is 5.71 Å². The Morgan fingerprint density at radius 2 is 1.64 bits per heavy atom. The predicted octanol–water partition coefficient (Wildman–Crippen LogP) is 8.37. The molecule has 0 atom stereocenters. The van der Waals surface area contributed by atoms with E-state index in [-0.39, 0.29) is 33.1 Å². The molecule has 3 aliphatic rings. The second-order valence-electron chi connectivity index (χ2n) is 14.5. The molecule has 0 spiro atoms. The number of carbonyl (C=O) groups excluding carboxylic acids is 1. The quantitative estimate of drug-likeness (QED) is 0.136. The number of allylic oxidation sites excluding steroid dienone is 5. The molecule has 1 N–H and O–H groups in total. The molecule has 7 heteroatoms. The van der Waals surface area contributed by atoms with Gasteiger partial charge in [0.25, 0.3) is 5.69 Å². The molecule has 0 fully saturated rings. The molecule has 2 aliphatic heterocycles. The van der Waals surface area contributed by atoms with Gasteiger partial charge in [-0.1, -0.05) is 59.2 Å². The standard InChI is InChI=1S/C37H45N3O4/c1-22(2)14-16-38-30-12-10-24(5)18-28(30)36(6,7)32(38)20-26-34(41)27(35(26)42)21-33-37(8,9)29-19-25(40(43)44)11-13-31(29)39(33)17-15-23(3)4/h10-13,18-23H,14-17H2,1-9H3/p+1. The lowest BCUT2D eigenvalue weighted by molar-refractivity contribution is -0.439. The minimum Gasteiger partial charge on any atom is -0.506 e. The molecule has 1 aliphatic carbocycles. The highest BCUT2D eigenvalue weighted by Gasteiger charge is 2.48. The van der Waals surface area contributed by atoms with Crippen LogP contribution in [0.25, 0.3) is 0 Å². The highest BCUT2D eigenvalue weighted by molar-refractivity contribution is 6.24. The number of non-ortho nitro benzene ring substituents is 1. The van der Waals surface area contributed by atoms with Crippen LogP contribution in [0.1, 0.15) is 84.9 Å². The van der Waals surface area contributed by atoms with Crippen molar-refractivity contribution >= 4 is 28.6 Å². The smallest absolute Gasteiger partial charge is 0.270 e. The van der Waals surface area contributed by atoms with Crippen molar-refractivity contribution < 1.29 is 19.4 Å². The first-order valence-electron chi connectivity index (χ1n) is 15.8. The number of aryl methyl sites for hydroxylation is 1. The van der Waals surface area contributed by atoms with E-state index in [9.17, 15) is 20.0 Å². The van der Waals surface area contributed by atoms with Gasteiger partial charge in [-0.3, -0.25) is 14.9 Å². The van der Waals surface area contributed by atoms with Crippen molar-refractivity contribution in [3.63, 3.8) is 0 Å². The number of rotatable bonds is 9. The molecule has 0 aromatic heterocycles. The third kappa shape index (κ3) is 5.20. The number of aliphatic hydroxyl groups excluding tert-OH is 1. The van der Waals surface area contributed by atoms with Gasteiger partial charge < -0.3 is 10.0 Å². The fourth-order valence-corrected chi connectivity index (χ4v) is 6.73. The van der Waals surface area contributed by atoms with Gasteiger partial charge in [0.1, 0.15) is 12.3 Å². The molecule has 0 unspecified atom stereocenters. The SMILES string of the molecule is Cc1ccc2c(c1)C(C)(C)/C(=C/C1=C(O)C(=C\C3=[N+](CCC(C)C)c4ccc([N+](=O)[O-])cc4C3(C)C)/C1=O)N2CCC(C)C. The van der Waals surface area contributed by atoms with Crippen LogP contribution in [0, 0.1) is 28.9 Å². The molecule has 0 saturated heterocycles. The fraction of sp³-hybridized carbons (Fsp3) is 0.459. The van der Waals surface area contributed by atoms with Crippen molar-refractivity contribution in [2.45, 2.75) is 86.0 Å². The molecule has 44 heavy (non-hydrogen) atoms. The molecule has 5 rings (SSSR count). The number of ketones is 1. The maximum atomic E-state index is 13.8. The number of benzene rings is 2. The first-order chi connectivity index (χ1) is 20.5. The number of aliphatic hydroxyl groups is 1. The van der Waals surface area contributed by atoms with Gasteiger partial charge in [-0.2, -0.15) is 4.58 Å². The third-order valence-corrected chi connectivity index (χ3v) is 9.56.